The summed E-state index contributed by atoms with van der Waals surface area (Å²) in [4.78, 5) is 15.7. The van der Waals surface area contributed by atoms with Crippen LogP contribution in [0.15, 0.2) is 30.0 Å². The second-order valence-corrected chi connectivity index (χ2v) is 4.84. The van der Waals surface area contributed by atoms with Crippen LogP contribution in [-0.2, 0) is 16.1 Å². The predicted octanol–water partition coefficient (Wildman–Crippen LogP) is 2.47. The van der Waals surface area contributed by atoms with Gasteiger partial charge in [0.25, 0.3) is 0 Å². The number of nitrogens with zero attached hydrogens (tertiary/aromatic N) is 1. The Labute approximate surface area is 126 Å². The van der Waals surface area contributed by atoms with Gasteiger partial charge in [0.05, 0.1) is 13.2 Å². The van der Waals surface area contributed by atoms with E-state index < -0.39 is 0 Å². The number of hydrogen-bond donors (Lipinski definition) is 1. The van der Waals surface area contributed by atoms with Crippen molar-refractivity contribution in [3.05, 3.63) is 35.5 Å². The molecule has 0 aliphatic rings. The van der Waals surface area contributed by atoms with E-state index in [2.05, 4.69) is 10.3 Å². The summed E-state index contributed by atoms with van der Waals surface area (Å²) in [6.07, 6.45) is 4.31. The van der Waals surface area contributed by atoms with Crippen molar-refractivity contribution in [2.75, 3.05) is 13.7 Å². The largest absolute Gasteiger partial charge is 0.475 e. The SMILES string of the molecule is CC/C(=C/CNCc1cccnc1OC(C)C)C(=O)OC. The van der Waals surface area contributed by atoms with Crippen LogP contribution in [0.4, 0.5) is 0 Å². The van der Waals surface area contributed by atoms with Crippen molar-refractivity contribution in [3.8, 4) is 5.88 Å². The third-order valence-electron chi connectivity index (χ3n) is 2.83. The van der Waals surface area contributed by atoms with Crippen LogP contribution in [-0.4, -0.2) is 30.7 Å². The van der Waals surface area contributed by atoms with Gasteiger partial charge >= 0.3 is 5.97 Å². The van der Waals surface area contributed by atoms with Gasteiger partial charge in [0.15, 0.2) is 0 Å². The number of aromatic nitrogens is 1. The van der Waals surface area contributed by atoms with Gasteiger partial charge in [-0.1, -0.05) is 19.1 Å². The topological polar surface area (TPSA) is 60.5 Å². The molecule has 116 valence electrons. The van der Waals surface area contributed by atoms with Crippen LogP contribution < -0.4 is 10.1 Å². The highest BCUT2D eigenvalue weighted by Gasteiger charge is 2.07. The first-order valence-electron chi connectivity index (χ1n) is 7.17. The zero-order valence-electron chi connectivity index (χ0n) is 13.2. The molecule has 0 spiro atoms. The van der Waals surface area contributed by atoms with Crippen LogP contribution >= 0.6 is 0 Å². The van der Waals surface area contributed by atoms with E-state index in [4.69, 9.17) is 9.47 Å². The van der Waals surface area contributed by atoms with E-state index in [-0.39, 0.29) is 12.1 Å². The molecule has 0 unspecified atom stereocenters. The summed E-state index contributed by atoms with van der Waals surface area (Å²) in [5, 5.41) is 3.25. The highest BCUT2D eigenvalue weighted by Crippen LogP contribution is 2.15. The van der Waals surface area contributed by atoms with Crippen LogP contribution in [0.25, 0.3) is 0 Å². The fraction of sp³-hybridized carbons (Fsp3) is 0.500. The molecule has 0 atom stereocenters. The lowest BCUT2D eigenvalue weighted by Crippen LogP contribution is -2.17. The summed E-state index contributed by atoms with van der Waals surface area (Å²) in [7, 11) is 1.39. The molecule has 0 aliphatic carbocycles. The highest BCUT2D eigenvalue weighted by molar-refractivity contribution is 5.88. The molecular formula is C16H24N2O3. The molecule has 0 saturated carbocycles. The van der Waals surface area contributed by atoms with E-state index in [0.29, 0.717) is 31.0 Å². The van der Waals surface area contributed by atoms with E-state index in [9.17, 15) is 4.79 Å². The maximum atomic E-state index is 11.4. The number of hydrogen-bond acceptors (Lipinski definition) is 5. The molecule has 0 saturated heterocycles. The third kappa shape index (κ3) is 5.95. The Bertz CT molecular complexity index is 484. The van der Waals surface area contributed by atoms with Crippen molar-refractivity contribution in [1.82, 2.24) is 10.3 Å². The fourth-order valence-corrected chi connectivity index (χ4v) is 1.79. The highest BCUT2D eigenvalue weighted by atomic mass is 16.5. The second-order valence-electron chi connectivity index (χ2n) is 4.84. The number of nitrogens with one attached hydrogen (secondary N) is 1. The average molecular weight is 292 g/mol. The van der Waals surface area contributed by atoms with Gasteiger partial charge in [-0.2, -0.15) is 0 Å². The van der Waals surface area contributed by atoms with Gasteiger partial charge in [0.1, 0.15) is 0 Å². The number of carbonyl (C=O) groups is 1. The first kappa shape index (κ1) is 17.2. The summed E-state index contributed by atoms with van der Waals surface area (Å²) < 4.78 is 10.4. The van der Waals surface area contributed by atoms with Crippen molar-refractivity contribution >= 4 is 5.97 Å². The van der Waals surface area contributed by atoms with E-state index in [1.165, 1.54) is 7.11 Å². The zero-order chi connectivity index (χ0) is 15.7. The van der Waals surface area contributed by atoms with Crippen LogP contribution in [0.1, 0.15) is 32.8 Å². The lowest BCUT2D eigenvalue weighted by Gasteiger charge is -2.13. The summed E-state index contributed by atoms with van der Waals surface area (Å²) in [5.74, 6) is 0.372. The summed E-state index contributed by atoms with van der Waals surface area (Å²) >= 11 is 0. The van der Waals surface area contributed by atoms with Gasteiger partial charge < -0.3 is 14.8 Å². The Morgan fingerprint density at radius 3 is 2.86 bits per heavy atom. The molecule has 0 aromatic carbocycles. The molecular weight excluding hydrogens is 268 g/mol. The normalized spacial score (nSPS) is 11.6. The first-order valence-corrected chi connectivity index (χ1v) is 7.17. The smallest absolute Gasteiger partial charge is 0.333 e. The molecule has 1 aromatic heterocycles. The fourth-order valence-electron chi connectivity index (χ4n) is 1.79. The van der Waals surface area contributed by atoms with Crippen molar-refractivity contribution in [3.63, 3.8) is 0 Å². The lowest BCUT2D eigenvalue weighted by atomic mass is 10.2. The second kappa shape index (κ2) is 9.13. The van der Waals surface area contributed by atoms with Gasteiger partial charge in [0, 0.05) is 30.4 Å². The average Bonchev–Trinajstić information content (AvgIpc) is 2.47. The molecule has 0 aliphatic heterocycles. The summed E-state index contributed by atoms with van der Waals surface area (Å²) in [6, 6.07) is 3.86. The van der Waals surface area contributed by atoms with E-state index in [1.54, 1.807) is 6.20 Å². The summed E-state index contributed by atoms with van der Waals surface area (Å²) in [6.45, 7) is 7.09. The number of ether oxygens (including phenoxy) is 2. The molecule has 5 heteroatoms. The number of rotatable bonds is 8. The molecule has 5 nitrogen and oxygen atoms in total. The Morgan fingerprint density at radius 2 is 2.24 bits per heavy atom. The quantitative estimate of drug-likeness (QED) is 0.453. The summed E-state index contributed by atoms with van der Waals surface area (Å²) in [5.41, 5.74) is 1.67. The minimum Gasteiger partial charge on any atom is -0.475 e. The Balaban J connectivity index is 2.56. The molecule has 0 amide bonds. The number of methoxy groups -OCH3 is 1. The van der Waals surface area contributed by atoms with Crippen LogP contribution in [0, 0.1) is 0 Å². The van der Waals surface area contributed by atoms with Gasteiger partial charge in [-0.05, 0) is 26.3 Å². The standard InChI is InChI=1S/C16H24N2O3/c1-5-13(16(19)20-4)8-10-17-11-14-7-6-9-18-15(14)21-12(2)3/h6-9,12,17H,5,10-11H2,1-4H3/b13-8-. The molecule has 21 heavy (non-hydrogen) atoms. The first-order chi connectivity index (χ1) is 10.1. The molecule has 1 rings (SSSR count). The Kier molecular flexibility index (Phi) is 7.46. The monoisotopic (exact) mass is 292 g/mol. The van der Waals surface area contributed by atoms with Gasteiger partial charge in [0.2, 0.25) is 5.88 Å². The van der Waals surface area contributed by atoms with Gasteiger partial charge in [-0.25, -0.2) is 9.78 Å². The van der Waals surface area contributed by atoms with Crippen LogP contribution in [0.2, 0.25) is 0 Å². The molecule has 0 fully saturated rings. The van der Waals surface area contributed by atoms with Crippen molar-refractivity contribution in [1.29, 1.82) is 0 Å². The molecule has 1 heterocycles. The minimum absolute atomic E-state index is 0.0876. The Hall–Kier alpha value is -1.88. The van der Waals surface area contributed by atoms with E-state index >= 15 is 0 Å². The van der Waals surface area contributed by atoms with Gasteiger partial charge in [-0.15, -0.1) is 0 Å². The number of carbonyl (C=O) groups excluding carboxylic acids is 1. The number of esters is 1. The molecule has 1 aromatic rings. The van der Waals surface area contributed by atoms with Crippen LogP contribution in [0.3, 0.4) is 0 Å². The molecule has 0 bridgehead atoms. The minimum atomic E-state index is -0.274. The molecule has 1 N–H and O–H groups in total. The predicted molar refractivity (Wildman–Crippen MR) is 82.1 cm³/mol. The number of pyridine rings is 1. The van der Waals surface area contributed by atoms with Crippen LogP contribution in [0.5, 0.6) is 5.88 Å². The lowest BCUT2D eigenvalue weighted by molar-refractivity contribution is -0.136. The van der Waals surface area contributed by atoms with Crippen molar-refractivity contribution in [2.45, 2.75) is 39.8 Å². The van der Waals surface area contributed by atoms with E-state index in [1.807, 2.05) is 39.0 Å². The van der Waals surface area contributed by atoms with Crippen molar-refractivity contribution in [2.24, 2.45) is 0 Å². The maximum Gasteiger partial charge on any atom is 0.333 e. The van der Waals surface area contributed by atoms with E-state index in [0.717, 1.165) is 5.56 Å². The molecule has 0 radical (unpaired) electrons. The van der Waals surface area contributed by atoms with Crippen molar-refractivity contribution < 1.29 is 14.3 Å². The third-order valence-corrected chi connectivity index (χ3v) is 2.83. The van der Waals surface area contributed by atoms with Gasteiger partial charge in [-0.3, -0.25) is 0 Å². The maximum absolute atomic E-state index is 11.4. The Morgan fingerprint density at radius 1 is 1.48 bits per heavy atom. The zero-order valence-corrected chi connectivity index (χ0v) is 13.2.